The molecule has 0 fully saturated rings. The number of hydrogen-bond donors (Lipinski definition) is 1. The van der Waals surface area contributed by atoms with Crippen LogP contribution in [0.3, 0.4) is 0 Å². The minimum atomic E-state index is -0.157. The number of nitrogens with zero attached hydrogens (tertiary/aromatic N) is 4. The minimum Gasteiger partial charge on any atom is -0.352 e. The molecule has 0 unspecified atom stereocenters. The predicted molar refractivity (Wildman–Crippen MR) is 111 cm³/mol. The van der Waals surface area contributed by atoms with E-state index in [1.165, 1.54) is 6.33 Å². The zero-order valence-corrected chi connectivity index (χ0v) is 16.9. The summed E-state index contributed by atoms with van der Waals surface area (Å²) in [5, 5.41) is 6.93. The molecule has 2 aromatic carbocycles. The number of carbonyl (C=O) groups is 2. The van der Waals surface area contributed by atoms with Crippen LogP contribution in [0.15, 0.2) is 61.2 Å². The predicted octanol–water partition coefficient (Wildman–Crippen LogP) is 2.92. The van der Waals surface area contributed by atoms with Gasteiger partial charge in [-0.05, 0) is 43.2 Å². The van der Waals surface area contributed by atoms with Gasteiger partial charge in [-0.3, -0.25) is 9.59 Å². The van der Waals surface area contributed by atoms with E-state index in [1.807, 2.05) is 56.3 Å². The summed E-state index contributed by atoms with van der Waals surface area (Å²) >= 11 is 0. The van der Waals surface area contributed by atoms with Crippen LogP contribution in [0.1, 0.15) is 40.9 Å². The summed E-state index contributed by atoms with van der Waals surface area (Å²) in [6.07, 6.45) is 3.37. The molecule has 1 heterocycles. The Morgan fingerprint density at radius 1 is 1.14 bits per heavy atom. The van der Waals surface area contributed by atoms with Crippen LogP contribution in [0.4, 0.5) is 0 Å². The lowest BCUT2D eigenvalue weighted by Crippen LogP contribution is -2.33. The summed E-state index contributed by atoms with van der Waals surface area (Å²) in [7, 11) is 1.78. The summed E-state index contributed by atoms with van der Waals surface area (Å²) in [4.78, 5) is 30.4. The second-order valence-electron chi connectivity index (χ2n) is 6.93. The Bertz CT molecular complexity index is 967. The van der Waals surface area contributed by atoms with E-state index in [0.29, 0.717) is 12.1 Å². The highest BCUT2D eigenvalue weighted by atomic mass is 16.2. The smallest absolute Gasteiger partial charge is 0.251 e. The fourth-order valence-corrected chi connectivity index (χ4v) is 3.07. The monoisotopic (exact) mass is 391 g/mol. The van der Waals surface area contributed by atoms with Crippen LogP contribution >= 0.6 is 0 Å². The van der Waals surface area contributed by atoms with Crippen molar-refractivity contribution in [2.24, 2.45) is 0 Å². The maximum Gasteiger partial charge on any atom is 0.251 e. The molecule has 2 amide bonds. The molecule has 0 saturated carbocycles. The summed E-state index contributed by atoms with van der Waals surface area (Å²) in [6, 6.07) is 15.2. The Morgan fingerprint density at radius 2 is 1.86 bits per heavy atom. The van der Waals surface area contributed by atoms with Crippen molar-refractivity contribution >= 4 is 11.8 Å². The van der Waals surface area contributed by atoms with Crippen LogP contribution in [0, 0.1) is 6.92 Å². The zero-order valence-electron chi connectivity index (χ0n) is 16.9. The third-order valence-electron chi connectivity index (χ3n) is 5.05. The van der Waals surface area contributed by atoms with Gasteiger partial charge in [0.05, 0.1) is 11.7 Å². The number of aryl methyl sites for hydroxylation is 1. The second kappa shape index (κ2) is 9.14. The molecule has 3 aromatic rings. The van der Waals surface area contributed by atoms with Gasteiger partial charge < -0.3 is 10.2 Å². The number of rotatable bonds is 7. The van der Waals surface area contributed by atoms with Crippen LogP contribution < -0.4 is 5.32 Å². The van der Waals surface area contributed by atoms with Crippen LogP contribution in [-0.2, 0) is 4.79 Å². The first-order valence-electron chi connectivity index (χ1n) is 9.52. The number of aromatic nitrogens is 3. The quantitative estimate of drug-likeness (QED) is 0.672. The summed E-state index contributed by atoms with van der Waals surface area (Å²) in [5.41, 5.74) is 3.48. The molecule has 0 aliphatic rings. The number of amides is 2. The SMILES string of the molecule is Cc1ccccc1C(=O)NCCC(=O)N(C)[C@@H](C)c1ccc(-n2cncn2)cc1. The summed E-state index contributed by atoms with van der Waals surface area (Å²) in [6.45, 7) is 4.17. The largest absolute Gasteiger partial charge is 0.352 e. The van der Waals surface area contributed by atoms with Crippen LogP contribution in [0.2, 0.25) is 0 Å². The van der Waals surface area contributed by atoms with Gasteiger partial charge in [0.25, 0.3) is 5.91 Å². The molecule has 0 aliphatic carbocycles. The van der Waals surface area contributed by atoms with E-state index in [0.717, 1.165) is 16.8 Å². The van der Waals surface area contributed by atoms with Gasteiger partial charge in [-0.1, -0.05) is 30.3 Å². The van der Waals surface area contributed by atoms with Gasteiger partial charge in [0.15, 0.2) is 0 Å². The summed E-state index contributed by atoms with van der Waals surface area (Å²) in [5.74, 6) is -0.182. The number of hydrogen-bond acceptors (Lipinski definition) is 4. The number of carbonyl (C=O) groups excluding carboxylic acids is 2. The van der Waals surface area contributed by atoms with Crippen LogP contribution in [0.5, 0.6) is 0 Å². The van der Waals surface area contributed by atoms with Gasteiger partial charge in [0.2, 0.25) is 5.91 Å². The Morgan fingerprint density at radius 3 is 2.52 bits per heavy atom. The van der Waals surface area contributed by atoms with Gasteiger partial charge in [-0.15, -0.1) is 0 Å². The zero-order chi connectivity index (χ0) is 20.8. The molecule has 0 radical (unpaired) electrons. The molecular weight excluding hydrogens is 366 g/mol. The first-order valence-corrected chi connectivity index (χ1v) is 9.52. The minimum absolute atomic E-state index is 0.0251. The third kappa shape index (κ3) is 4.87. The number of benzene rings is 2. The fourth-order valence-electron chi connectivity index (χ4n) is 3.07. The Hall–Kier alpha value is -3.48. The normalized spacial score (nSPS) is 11.7. The second-order valence-corrected chi connectivity index (χ2v) is 6.93. The van der Waals surface area contributed by atoms with E-state index in [4.69, 9.17) is 0 Å². The molecule has 1 atom stereocenters. The molecule has 0 spiro atoms. The summed E-state index contributed by atoms with van der Waals surface area (Å²) < 4.78 is 1.68. The maximum absolute atomic E-state index is 12.5. The lowest BCUT2D eigenvalue weighted by Gasteiger charge is -2.25. The number of nitrogens with one attached hydrogen (secondary N) is 1. The van der Waals surface area contributed by atoms with Crippen LogP contribution in [0.25, 0.3) is 5.69 Å². The standard InChI is InChI=1S/C22H25N5O2/c1-16-6-4-5-7-20(16)22(29)24-13-12-21(28)26(3)17(2)18-8-10-19(11-9-18)27-15-23-14-25-27/h4-11,14-15,17H,12-13H2,1-3H3,(H,24,29)/t17-/m0/s1. The maximum atomic E-state index is 12.5. The molecule has 7 heteroatoms. The molecule has 7 nitrogen and oxygen atoms in total. The van der Waals surface area contributed by atoms with E-state index < -0.39 is 0 Å². The Balaban J connectivity index is 1.53. The van der Waals surface area contributed by atoms with E-state index in [2.05, 4.69) is 15.4 Å². The van der Waals surface area contributed by atoms with Gasteiger partial charge >= 0.3 is 0 Å². The van der Waals surface area contributed by atoms with Crippen molar-refractivity contribution in [3.05, 3.63) is 77.9 Å². The van der Waals surface area contributed by atoms with Crippen molar-refractivity contribution in [2.75, 3.05) is 13.6 Å². The van der Waals surface area contributed by atoms with Gasteiger partial charge in [0, 0.05) is 25.6 Å². The average Bonchev–Trinajstić information content (AvgIpc) is 3.28. The average molecular weight is 391 g/mol. The van der Waals surface area contributed by atoms with E-state index >= 15 is 0 Å². The molecule has 150 valence electrons. The molecule has 3 rings (SSSR count). The van der Waals surface area contributed by atoms with E-state index in [9.17, 15) is 9.59 Å². The fraction of sp³-hybridized carbons (Fsp3) is 0.273. The van der Waals surface area contributed by atoms with Crippen molar-refractivity contribution in [1.29, 1.82) is 0 Å². The van der Waals surface area contributed by atoms with E-state index in [1.54, 1.807) is 29.0 Å². The lowest BCUT2D eigenvalue weighted by molar-refractivity contribution is -0.131. The highest BCUT2D eigenvalue weighted by Gasteiger charge is 2.18. The topological polar surface area (TPSA) is 80.1 Å². The Kier molecular flexibility index (Phi) is 6.39. The van der Waals surface area contributed by atoms with Crippen molar-refractivity contribution < 1.29 is 9.59 Å². The van der Waals surface area contributed by atoms with Crippen molar-refractivity contribution in [2.45, 2.75) is 26.3 Å². The van der Waals surface area contributed by atoms with Crippen LogP contribution in [-0.4, -0.2) is 45.1 Å². The molecule has 0 bridgehead atoms. The molecule has 0 saturated heterocycles. The van der Waals surface area contributed by atoms with E-state index in [-0.39, 0.29) is 24.3 Å². The molecule has 29 heavy (non-hydrogen) atoms. The van der Waals surface area contributed by atoms with Crippen molar-refractivity contribution in [1.82, 2.24) is 25.0 Å². The first-order chi connectivity index (χ1) is 14.0. The van der Waals surface area contributed by atoms with Crippen molar-refractivity contribution in [3.63, 3.8) is 0 Å². The molecular formula is C22H25N5O2. The van der Waals surface area contributed by atoms with Gasteiger partial charge in [0.1, 0.15) is 12.7 Å². The lowest BCUT2D eigenvalue weighted by atomic mass is 10.1. The van der Waals surface area contributed by atoms with Gasteiger partial charge in [-0.2, -0.15) is 5.10 Å². The molecule has 0 aliphatic heterocycles. The van der Waals surface area contributed by atoms with Crippen molar-refractivity contribution in [3.8, 4) is 5.69 Å². The highest BCUT2D eigenvalue weighted by molar-refractivity contribution is 5.95. The molecule has 1 aromatic heterocycles. The Labute approximate surface area is 170 Å². The third-order valence-corrected chi connectivity index (χ3v) is 5.05. The highest BCUT2D eigenvalue weighted by Crippen LogP contribution is 2.20. The molecule has 1 N–H and O–H groups in total. The van der Waals surface area contributed by atoms with Gasteiger partial charge in [-0.25, -0.2) is 9.67 Å². The first kappa shape index (κ1) is 20.3.